The van der Waals surface area contributed by atoms with Crippen molar-refractivity contribution in [1.82, 2.24) is 4.57 Å². The van der Waals surface area contributed by atoms with Gasteiger partial charge in [-0.25, -0.2) is 9.13 Å². The van der Waals surface area contributed by atoms with E-state index < -0.39 is 0 Å². The molecular formula is C26H23Cl4N2O+. The van der Waals surface area contributed by atoms with Crippen LogP contribution in [0, 0.1) is 0 Å². The second-order valence-corrected chi connectivity index (χ2v) is 9.47. The second-order valence-electron chi connectivity index (χ2n) is 7.79. The Hall–Kier alpha value is -2.01. The van der Waals surface area contributed by atoms with Crippen LogP contribution in [-0.4, -0.2) is 4.57 Å². The van der Waals surface area contributed by atoms with E-state index in [2.05, 4.69) is 45.9 Å². The third kappa shape index (κ3) is 6.75. The number of benzene rings is 3. The van der Waals surface area contributed by atoms with E-state index >= 15 is 0 Å². The molecule has 1 unspecified atom stereocenters. The quantitative estimate of drug-likeness (QED) is 0.208. The Bertz CT molecular complexity index is 1210. The van der Waals surface area contributed by atoms with E-state index in [0.29, 0.717) is 33.2 Å². The summed E-state index contributed by atoms with van der Waals surface area (Å²) >= 11 is 25.0. The van der Waals surface area contributed by atoms with Crippen LogP contribution in [0.15, 0.2) is 85.5 Å². The maximum Gasteiger partial charge on any atom is 0.243 e. The molecule has 0 saturated carbocycles. The predicted molar refractivity (Wildman–Crippen MR) is 135 cm³/mol. The number of rotatable bonds is 9. The standard InChI is InChI=1S/C26H23Cl4N2O/c27-21-7-6-20(24(29)14-21)17-33-26(23-9-8-22(28)15-25(23)30)16-32-13-12-31(18-32)11-10-19-4-2-1-3-5-19/h1-9,12-15,18,26H,10-11,16-17H2/q+1. The lowest BCUT2D eigenvalue weighted by Gasteiger charge is -2.19. The van der Waals surface area contributed by atoms with Crippen molar-refractivity contribution in [3.63, 3.8) is 0 Å². The largest absolute Gasteiger partial charge is 0.365 e. The fourth-order valence-corrected chi connectivity index (χ4v) is 4.60. The number of ether oxygens (including phenoxy) is 1. The molecular weight excluding hydrogens is 498 g/mol. The first kappa shape index (κ1) is 24.1. The molecule has 3 nitrogen and oxygen atoms in total. The molecule has 0 amide bonds. The Labute approximate surface area is 214 Å². The number of aryl methyl sites for hydroxylation is 2. The number of hydrogen-bond donors (Lipinski definition) is 0. The minimum absolute atomic E-state index is 0.295. The van der Waals surface area contributed by atoms with Gasteiger partial charge in [0.15, 0.2) is 0 Å². The van der Waals surface area contributed by atoms with Crippen LogP contribution in [-0.2, 0) is 30.9 Å². The fourth-order valence-electron chi connectivity index (χ4n) is 3.61. The van der Waals surface area contributed by atoms with Crippen LogP contribution in [0.2, 0.25) is 20.1 Å². The maximum absolute atomic E-state index is 6.52. The maximum atomic E-state index is 6.52. The summed E-state index contributed by atoms with van der Waals surface area (Å²) in [4.78, 5) is 0. The molecule has 33 heavy (non-hydrogen) atoms. The molecule has 1 aromatic heterocycles. The van der Waals surface area contributed by atoms with Crippen molar-refractivity contribution in [2.24, 2.45) is 0 Å². The molecule has 4 aromatic rings. The van der Waals surface area contributed by atoms with Crippen molar-refractivity contribution in [2.75, 3.05) is 0 Å². The van der Waals surface area contributed by atoms with E-state index in [4.69, 9.17) is 51.1 Å². The molecule has 0 aliphatic heterocycles. The molecule has 4 rings (SSSR count). The van der Waals surface area contributed by atoms with Gasteiger partial charge in [-0.05, 0) is 35.4 Å². The van der Waals surface area contributed by atoms with Gasteiger partial charge < -0.3 is 4.74 Å². The molecule has 0 aliphatic carbocycles. The van der Waals surface area contributed by atoms with Gasteiger partial charge in [0.2, 0.25) is 6.33 Å². The van der Waals surface area contributed by atoms with Crippen LogP contribution < -0.4 is 4.57 Å². The lowest BCUT2D eigenvalue weighted by atomic mass is 10.1. The van der Waals surface area contributed by atoms with Gasteiger partial charge in [-0.1, -0.05) is 88.9 Å². The second kappa shape index (κ2) is 11.4. The van der Waals surface area contributed by atoms with Crippen molar-refractivity contribution in [3.05, 3.63) is 122 Å². The van der Waals surface area contributed by atoms with Gasteiger partial charge in [-0.2, -0.15) is 0 Å². The highest BCUT2D eigenvalue weighted by Gasteiger charge is 2.20. The van der Waals surface area contributed by atoms with Crippen molar-refractivity contribution < 1.29 is 9.30 Å². The van der Waals surface area contributed by atoms with Crippen LogP contribution in [0.4, 0.5) is 0 Å². The van der Waals surface area contributed by atoms with Gasteiger partial charge in [-0.15, -0.1) is 0 Å². The number of halogens is 4. The van der Waals surface area contributed by atoms with Gasteiger partial charge in [0.1, 0.15) is 25.0 Å². The van der Waals surface area contributed by atoms with Gasteiger partial charge >= 0.3 is 0 Å². The lowest BCUT2D eigenvalue weighted by Crippen LogP contribution is -2.35. The van der Waals surface area contributed by atoms with E-state index in [1.807, 2.05) is 30.5 Å². The van der Waals surface area contributed by atoms with Crippen molar-refractivity contribution in [2.45, 2.75) is 32.2 Å². The number of hydrogen-bond acceptors (Lipinski definition) is 1. The van der Waals surface area contributed by atoms with Gasteiger partial charge in [0.25, 0.3) is 0 Å². The normalized spacial score (nSPS) is 12.1. The molecule has 0 aliphatic rings. The zero-order valence-corrected chi connectivity index (χ0v) is 20.8. The highest BCUT2D eigenvalue weighted by molar-refractivity contribution is 6.35. The first-order chi connectivity index (χ1) is 16.0. The third-order valence-electron chi connectivity index (χ3n) is 5.39. The van der Waals surface area contributed by atoms with E-state index in [9.17, 15) is 0 Å². The molecule has 170 valence electrons. The molecule has 0 radical (unpaired) electrons. The molecule has 1 heterocycles. The van der Waals surface area contributed by atoms with Crippen molar-refractivity contribution in [3.8, 4) is 0 Å². The number of nitrogens with zero attached hydrogens (tertiary/aromatic N) is 2. The van der Waals surface area contributed by atoms with Gasteiger partial charge in [-0.3, -0.25) is 0 Å². The van der Waals surface area contributed by atoms with Crippen LogP contribution in [0.5, 0.6) is 0 Å². The van der Waals surface area contributed by atoms with Gasteiger partial charge in [0.05, 0.1) is 13.2 Å². The molecule has 1 atom stereocenters. The highest BCUT2D eigenvalue weighted by atomic mass is 35.5. The molecule has 3 aromatic carbocycles. The summed E-state index contributed by atoms with van der Waals surface area (Å²) in [6.07, 6.45) is 6.86. The van der Waals surface area contributed by atoms with Crippen LogP contribution in [0.25, 0.3) is 0 Å². The summed E-state index contributed by atoms with van der Waals surface area (Å²) in [5.41, 5.74) is 3.05. The Balaban J connectivity index is 1.49. The summed E-state index contributed by atoms with van der Waals surface area (Å²) in [6, 6.07) is 21.3. The molecule has 0 spiro atoms. The van der Waals surface area contributed by atoms with E-state index in [1.165, 1.54) is 5.56 Å². The number of aromatic nitrogens is 2. The Morgan fingerprint density at radius 3 is 2.30 bits per heavy atom. The number of imidazole rings is 1. The molecule has 0 saturated heterocycles. The summed E-state index contributed by atoms with van der Waals surface area (Å²) in [5.74, 6) is 0. The Kier molecular flexibility index (Phi) is 8.34. The molecule has 0 fully saturated rings. The van der Waals surface area contributed by atoms with Crippen LogP contribution in [0.3, 0.4) is 0 Å². The SMILES string of the molecule is Clc1ccc(COC(C[n+]2ccn(CCc3ccccc3)c2)c2ccc(Cl)cc2Cl)c(Cl)c1. The summed E-state index contributed by atoms with van der Waals surface area (Å²) < 4.78 is 10.6. The van der Waals surface area contributed by atoms with Gasteiger partial charge in [0, 0.05) is 32.1 Å². The average Bonchev–Trinajstić information content (AvgIpc) is 3.24. The summed E-state index contributed by atoms with van der Waals surface area (Å²) in [6.45, 7) is 1.81. The topological polar surface area (TPSA) is 18.0 Å². The zero-order chi connectivity index (χ0) is 23.2. The first-order valence-electron chi connectivity index (χ1n) is 10.6. The highest BCUT2D eigenvalue weighted by Crippen LogP contribution is 2.30. The first-order valence-corrected chi connectivity index (χ1v) is 12.1. The minimum atomic E-state index is -0.295. The Morgan fingerprint density at radius 1 is 0.848 bits per heavy atom. The monoisotopic (exact) mass is 519 g/mol. The molecule has 0 N–H and O–H groups in total. The van der Waals surface area contributed by atoms with E-state index in [0.717, 1.165) is 24.1 Å². The third-order valence-corrected chi connectivity index (χ3v) is 6.54. The smallest absolute Gasteiger partial charge is 0.243 e. The Morgan fingerprint density at radius 2 is 1.58 bits per heavy atom. The fraction of sp³-hybridized carbons (Fsp3) is 0.192. The zero-order valence-electron chi connectivity index (χ0n) is 17.8. The predicted octanol–water partition coefficient (Wildman–Crippen LogP) is 7.59. The van der Waals surface area contributed by atoms with Crippen molar-refractivity contribution >= 4 is 46.4 Å². The van der Waals surface area contributed by atoms with Crippen molar-refractivity contribution in [1.29, 1.82) is 0 Å². The average molecular weight is 521 g/mol. The van der Waals surface area contributed by atoms with Crippen LogP contribution >= 0.6 is 46.4 Å². The van der Waals surface area contributed by atoms with E-state index in [-0.39, 0.29) is 6.10 Å². The molecule has 0 bridgehead atoms. The summed E-state index contributed by atoms with van der Waals surface area (Å²) in [7, 11) is 0. The van der Waals surface area contributed by atoms with Crippen LogP contribution in [0.1, 0.15) is 22.8 Å². The van der Waals surface area contributed by atoms with E-state index in [1.54, 1.807) is 18.2 Å². The lowest BCUT2D eigenvalue weighted by molar-refractivity contribution is -0.704. The summed E-state index contributed by atoms with van der Waals surface area (Å²) in [5, 5.41) is 2.32. The minimum Gasteiger partial charge on any atom is -0.365 e. The molecule has 7 heteroatoms.